The topological polar surface area (TPSA) is 80.2 Å². The summed E-state index contributed by atoms with van der Waals surface area (Å²) in [5.41, 5.74) is 0. The number of rotatable bonds is 4. The maximum atomic E-state index is 11.6. The van der Waals surface area contributed by atoms with Crippen molar-refractivity contribution in [1.29, 1.82) is 0 Å². The number of sulfone groups is 1. The molecule has 6 nitrogen and oxygen atoms in total. The number of carbonyl (C=O) groups is 1. The Morgan fingerprint density at radius 2 is 2.00 bits per heavy atom. The fraction of sp³-hybridized carbons (Fsp3) is 0.625. The van der Waals surface area contributed by atoms with Gasteiger partial charge in [-0.25, -0.2) is 8.42 Å². The number of nitrogens with zero attached hydrogens (tertiary/aromatic N) is 3. The van der Waals surface area contributed by atoms with Crippen molar-refractivity contribution in [1.82, 2.24) is 15.1 Å². The third-order valence-corrected chi connectivity index (χ3v) is 5.01. The fourth-order valence-corrected chi connectivity index (χ4v) is 3.44. The molecule has 90 valence electrons. The zero-order valence-electron chi connectivity index (χ0n) is 9.30. The van der Waals surface area contributed by atoms with E-state index in [1.54, 1.807) is 21.0 Å². The van der Waals surface area contributed by atoms with Crippen molar-refractivity contribution in [2.45, 2.75) is 17.7 Å². The van der Waals surface area contributed by atoms with Crippen LogP contribution < -0.4 is 0 Å². The summed E-state index contributed by atoms with van der Waals surface area (Å²) >= 11 is 0.815. The van der Waals surface area contributed by atoms with Crippen molar-refractivity contribution in [2.75, 3.05) is 19.8 Å². The highest BCUT2D eigenvalue weighted by molar-refractivity contribution is 7.93. The second kappa shape index (κ2) is 4.88. The largest absolute Gasteiger partial charge is 0.343 e. The summed E-state index contributed by atoms with van der Waals surface area (Å²) in [5.74, 6) is -0.312. The molecule has 0 fully saturated rings. The summed E-state index contributed by atoms with van der Waals surface area (Å²) in [7, 11) is -0.228. The minimum Gasteiger partial charge on any atom is -0.343 e. The number of hydrogen-bond donors (Lipinski definition) is 0. The Morgan fingerprint density at radius 1 is 1.38 bits per heavy atom. The maximum absolute atomic E-state index is 11.6. The Bertz CT molecular complexity index is 478. The third-order valence-electron chi connectivity index (χ3n) is 1.73. The monoisotopic (exact) mass is 263 g/mol. The number of aromatic nitrogens is 2. The van der Waals surface area contributed by atoms with Gasteiger partial charge in [-0.1, -0.05) is 18.3 Å². The van der Waals surface area contributed by atoms with E-state index < -0.39 is 9.84 Å². The molecule has 0 atom stereocenters. The van der Waals surface area contributed by atoms with Gasteiger partial charge >= 0.3 is 0 Å². The lowest BCUT2D eigenvalue weighted by Gasteiger charge is -2.05. The van der Waals surface area contributed by atoms with Crippen molar-refractivity contribution in [2.24, 2.45) is 0 Å². The Hall–Kier alpha value is -1.02. The molecule has 0 aliphatic heterocycles. The molecule has 0 aromatic carbocycles. The standard InChI is InChI=1S/C8H13N3O3S2/c1-4-5-16(13,14)8-10-9-6(15-8)7(12)11(2)3/h4-5H2,1-3H3. The highest BCUT2D eigenvalue weighted by Crippen LogP contribution is 2.18. The fourth-order valence-electron chi connectivity index (χ4n) is 0.969. The lowest BCUT2D eigenvalue weighted by Crippen LogP contribution is -2.21. The third kappa shape index (κ3) is 2.76. The van der Waals surface area contributed by atoms with E-state index in [1.165, 1.54) is 4.90 Å². The van der Waals surface area contributed by atoms with Crippen LogP contribution >= 0.6 is 11.3 Å². The second-order valence-corrected chi connectivity index (χ2v) is 6.65. The molecule has 0 bridgehead atoms. The highest BCUT2D eigenvalue weighted by atomic mass is 32.2. The van der Waals surface area contributed by atoms with Crippen molar-refractivity contribution in [3.63, 3.8) is 0 Å². The van der Waals surface area contributed by atoms with Crippen LogP contribution in [0.5, 0.6) is 0 Å². The molecule has 0 radical (unpaired) electrons. The minimum atomic E-state index is -3.37. The van der Waals surface area contributed by atoms with E-state index in [2.05, 4.69) is 10.2 Å². The van der Waals surface area contributed by atoms with Crippen LogP contribution in [0, 0.1) is 0 Å². The predicted molar refractivity (Wildman–Crippen MR) is 60.3 cm³/mol. The highest BCUT2D eigenvalue weighted by Gasteiger charge is 2.22. The quantitative estimate of drug-likeness (QED) is 0.786. The molecule has 8 heteroatoms. The Kier molecular flexibility index (Phi) is 3.98. The van der Waals surface area contributed by atoms with E-state index in [1.807, 2.05) is 0 Å². The van der Waals surface area contributed by atoms with Crippen molar-refractivity contribution in [3.05, 3.63) is 5.01 Å². The predicted octanol–water partition coefficient (Wildman–Crippen LogP) is 0.424. The van der Waals surface area contributed by atoms with Gasteiger partial charge < -0.3 is 4.90 Å². The molecule has 0 saturated carbocycles. The average molecular weight is 263 g/mol. The van der Waals surface area contributed by atoms with Gasteiger partial charge in [0, 0.05) is 14.1 Å². The van der Waals surface area contributed by atoms with Crippen LogP contribution in [-0.4, -0.2) is 49.3 Å². The molecular formula is C8H13N3O3S2. The van der Waals surface area contributed by atoms with Crippen LogP contribution in [0.1, 0.15) is 23.1 Å². The Morgan fingerprint density at radius 3 is 2.50 bits per heavy atom. The van der Waals surface area contributed by atoms with E-state index in [-0.39, 0.29) is 21.0 Å². The molecule has 0 unspecified atom stereocenters. The molecule has 16 heavy (non-hydrogen) atoms. The van der Waals surface area contributed by atoms with Gasteiger partial charge in [0.2, 0.25) is 19.2 Å². The summed E-state index contributed by atoms with van der Waals surface area (Å²) < 4.78 is 23.2. The van der Waals surface area contributed by atoms with Gasteiger partial charge in [0.1, 0.15) is 0 Å². The molecule has 1 amide bonds. The molecular weight excluding hydrogens is 250 g/mol. The number of carbonyl (C=O) groups excluding carboxylic acids is 1. The van der Waals surface area contributed by atoms with Crippen molar-refractivity contribution in [3.8, 4) is 0 Å². The van der Waals surface area contributed by atoms with E-state index >= 15 is 0 Å². The van der Waals surface area contributed by atoms with Crippen LogP contribution in [0.15, 0.2) is 4.34 Å². The van der Waals surface area contributed by atoms with Crippen LogP contribution in [0.3, 0.4) is 0 Å². The Labute approximate surface area is 98.2 Å². The lowest BCUT2D eigenvalue weighted by atomic mass is 10.6. The SMILES string of the molecule is CCCS(=O)(=O)c1nnc(C(=O)N(C)C)s1. The normalized spacial score (nSPS) is 11.4. The summed E-state index contributed by atoms with van der Waals surface area (Å²) in [6.45, 7) is 1.77. The first-order valence-corrected chi connectivity index (χ1v) is 7.13. The first kappa shape index (κ1) is 13.0. The zero-order chi connectivity index (χ0) is 12.3. The lowest BCUT2D eigenvalue weighted by molar-refractivity contribution is 0.0826. The smallest absolute Gasteiger partial charge is 0.284 e. The number of hydrogen-bond acceptors (Lipinski definition) is 6. The van der Waals surface area contributed by atoms with E-state index in [0.717, 1.165) is 11.3 Å². The van der Waals surface area contributed by atoms with E-state index in [4.69, 9.17) is 0 Å². The molecule has 0 aliphatic rings. The van der Waals surface area contributed by atoms with Gasteiger partial charge in [-0.15, -0.1) is 10.2 Å². The summed E-state index contributed by atoms with van der Waals surface area (Å²) in [6, 6.07) is 0. The zero-order valence-corrected chi connectivity index (χ0v) is 10.9. The molecule has 1 aromatic rings. The molecule has 0 spiro atoms. The molecule has 0 saturated heterocycles. The Balaban J connectivity index is 3.00. The molecule has 1 aromatic heterocycles. The summed E-state index contributed by atoms with van der Waals surface area (Å²) in [5, 5.41) is 7.22. The van der Waals surface area contributed by atoms with Gasteiger partial charge in [-0.05, 0) is 6.42 Å². The van der Waals surface area contributed by atoms with Gasteiger partial charge in [-0.2, -0.15) is 0 Å². The first-order chi connectivity index (χ1) is 7.38. The van der Waals surface area contributed by atoms with Crippen LogP contribution in [0.25, 0.3) is 0 Å². The second-order valence-electron chi connectivity index (χ2n) is 3.39. The molecule has 0 N–H and O–H groups in total. The van der Waals surface area contributed by atoms with Crippen molar-refractivity contribution >= 4 is 27.1 Å². The van der Waals surface area contributed by atoms with Gasteiger partial charge in [-0.3, -0.25) is 4.79 Å². The first-order valence-electron chi connectivity index (χ1n) is 4.66. The maximum Gasteiger partial charge on any atom is 0.284 e. The van der Waals surface area contributed by atoms with E-state index in [9.17, 15) is 13.2 Å². The average Bonchev–Trinajstić information content (AvgIpc) is 2.65. The summed E-state index contributed by atoms with van der Waals surface area (Å²) in [6.07, 6.45) is 0.513. The summed E-state index contributed by atoms with van der Waals surface area (Å²) in [4.78, 5) is 12.8. The van der Waals surface area contributed by atoms with Gasteiger partial charge in [0.15, 0.2) is 0 Å². The van der Waals surface area contributed by atoms with Crippen LogP contribution in [-0.2, 0) is 9.84 Å². The molecule has 1 heterocycles. The van der Waals surface area contributed by atoms with Crippen LogP contribution in [0.4, 0.5) is 0 Å². The minimum absolute atomic E-state index is 0.0256. The molecule has 1 rings (SSSR count). The number of amides is 1. The van der Waals surface area contributed by atoms with Crippen molar-refractivity contribution < 1.29 is 13.2 Å². The molecule has 0 aliphatic carbocycles. The van der Waals surface area contributed by atoms with Gasteiger partial charge in [0.05, 0.1) is 5.75 Å². The van der Waals surface area contributed by atoms with Crippen LogP contribution in [0.2, 0.25) is 0 Å². The van der Waals surface area contributed by atoms with E-state index in [0.29, 0.717) is 6.42 Å². The van der Waals surface area contributed by atoms with Gasteiger partial charge in [0.25, 0.3) is 5.91 Å².